The molecule has 1 unspecified atom stereocenters. The lowest BCUT2D eigenvalue weighted by Gasteiger charge is -2.29. The third-order valence-electron chi connectivity index (χ3n) is 4.91. The molecule has 0 bridgehead atoms. The van der Waals surface area contributed by atoms with Crippen LogP contribution in [0.25, 0.3) is 0 Å². The van der Waals surface area contributed by atoms with E-state index in [4.69, 9.17) is 22.9 Å². The van der Waals surface area contributed by atoms with Crippen LogP contribution in [0.3, 0.4) is 0 Å². The van der Waals surface area contributed by atoms with E-state index in [0.29, 0.717) is 24.2 Å². The maximum atomic E-state index is 7.04. The van der Waals surface area contributed by atoms with E-state index in [2.05, 4.69) is 101 Å². The van der Waals surface area contributed by atoms with Crippen molar-refractivity contribution < 1.29 is 8.96 Å². The maximum absolute atomic E-state index is 7.04. The van der Waals surface area contributed by atoms with Gasteiger partial charge in [-0.15, -0.1) is 6.08 Å². The van der Waals surface area contributed by atoms with Crippen molar-refractivity contribution in [3.63, 3.8) is 0 Å². The number of halogens is 2. The lowest BCUT2D eigenvalue weighted by atomic mass is 9.72. The van der Waals surface area contributed by atoms with Crippen LogP contribution in [-0.4, -0.2) is 45.0 Å². The van der Waals surface area contributed by atoms with Crippen LogP contribution in [0.5, 0.6) is 0 Å². The number of hydrogen-bond donors (Lipinski definition) is 0. The molecule has 0 aliphatic heterocycles. The highest BCUT2D eigenvalue weighted by Crippen LogP contribution is 2.22. The van der Waals surface area contributed by atoms with Crippen LogP contribution < -0.4 is 0 Å². The molecule has 0 aromatic heterocycles. The maximum Gasteiger partial charge on any atom is 0.286 e. The highest BCUT2D eigenvalue weighted by atomic mass is 35.5. The van der Waals surface area contributed by atoms with E-state index >= 15 is 0 Å². The van der Waals surface area contributed by atoms with Gasteiger partial charge in [0.15, 0.2) is 0 Å². The van der Waals surface area contributed by atoms with Crippen molar-refractivity contribution in [2.45, 2.75) is 85.4 Å². The van der Waals surface area contributed by atoms with E-state index < -0.39 is 0 Å². The van der Waals surface area contributed by atoms with Crippen molar-refractivity contribution >= 4 is 34.8 Å². The molecular weight excluding hydrogens is 373 g/mol. The van der Waals surface area contributed by atoms with Crippen molar-refractivity contribution in [2.75, 3.05) is 0 Å². The zero-order valence-corrected chi connectivity index (χ0v) is 19.7. The largest absolute Gasteiger partial charge is 0.481 e. The van der Waals surface area contributed by atoms with Gasteiger partial charge in [0.1, 0.15) is 0 Å². The normalized spacial score (nSPS) is 13.1. The van der Waals surface area contributed by atoms with E-state index in [1.54, 1.807) is 0 Å². The summed E-state index contributed by atoms with van der Waals surface area (Å²) in [5, 5.41) is 0. The molecule has 0 N–H and O–H groups in total. The Balaban J connectivity index is 3.50. The molecule has 0 radical (unpaired) electrons. The van der Waals surface area contributed by atoms with Crippen LogP contribution in [0.15, 0.2) is 42.4 Å². The van der Waals surface area contributed by atoms with E-state index in [0.717, 1.165) is 0 Å². The first kappa shape index (κ1) is 24.3. The Hall–Kier alpha value is -0.730. The number of hydrogen-bond acceptors (Lipinski definition) is 0. The third-order valence-corrected chi connectivity index (χ3v) is 5.78. The summed E-state index contributed by atoms with van der Waals surface area (Å²) >= 11 is 13.8. The first-order valence-corrected chi connectivity index (χ1v) is 11.0. The van der Waals surface area contributed by atoms with Crippen molar-refractivity contribution in [1.29, 1.82) is 0 Å². The van der Waals surface area contributed by atoms with Crippen molar-refractivity contribution in [2.24, 2.45) is 0 Å². The molecule has 0 spiro atoms. The quantitative estimate of drug-likeness (QED) is 0.461. The molecule has 0 saturated heterocycles. The fourth-order valence-electron chi connectivity index (χ4n) is 3.86. The fraction of sp³-hybridized carbons (Fsp3) is 0.619. The lowest BCUT2D eigenvalue weighted by molar-refractivity contribution is -0.577. The summed E-state index contributed by atoms with van der Waals surface area (Å²) in [6.45, 7) is 17.5. The molecular formula is C21H36B2Cl2N2. The van der Waals surface area contributed by atoms with Crippen molar-refractivity contribution in [1.82, 2.24) is 0 Å². The second-order valence-electron chi connectivity index (χ2n) is 8.34. The predicted octanol–water partition coefficient (Wildman–Crippen LogP) is 6.05. The molecule has 0 heterocycles. The molecule has 0 aliphatic rings. The monoisotopic (exact) mass is 408 g/mol. The topological polar surface area (TPSA) is 6.02 Å². The first-order valence-electron chi connectivity index (χ1n) is 10.1. The lowest BCUT2D eigenvalue weighted by Crippen LogP contribution is -2.35. The summed E-state index contributed by atoms with van der Waals surface area (Å²) < 4.78 is 4.65. The van der Waals surface area contributed by atoms with Crippen LogP contribution in [0.2, 0.25) is 0 Å². The summed E-state index contributed by atoms with van der Waals surface area (Å²) in [7, 11) is 0. The molecule has 1 aromatic rings. The molecule has 0 saturated carbocycles. The number of allylic oxidation sites excluding steroid dienone is 1. The van der Waals surface area contributed by atoms with Gasteiger partial charge in [-0.3, -0.25) is 0 Å². The van der Waals surface area contributed by atoms with Gasteiger partial charge >= 0.3 is 0 Å². The first-order chi connectivity index (χ1) is 12.6. The van der Waals surface area contributed by atoms with Crippen LogP contribution in [0.4, 0.5) is 0 Å². The van der Waals surface area contributed by atoms with E-state index in [1.807, 2.05) is 6.07 Å². The van der Waals surface area contributed by atoms with Gasteiger partial charge in [-0.05, 0) is 55.4 Å². The molecule has 1 rings (SSSR count). The molecule has 150 valence electrons. The molecule has 6 heteroatoms. The van der Waals surface area contributed by atoms with E-state index in [-0.39, 0.29) is 17.7 Å². The number of rotatable bonds is 8. The second kappa shape index (κ2) is 11.3. The van der Waals surface area contributed by atoms with Gasteiger partial charge in [-0.25, -0.2) is 0 Å². The van der Waals surface area contributed by atoms with Crippen LogP contribution in [0.1, 0.15) is 66.8 Å². The Labute approximate surface area is 177 Å². The summed E-state index contributed by atoms with van der Waals surface area (Å²) in [5.41, 5.74) is 1.21. The van der Waals surface area contributed by atoms with Crippen molar-refractivity contribution in [3.8, 4) is 0 Å². The molecule has 27 heavy (non-hydrogen) atoms. The Morgan fingerprint density at radius 3 is 1.59 bits per heavy atom. The molecule has 1 atom stereocenters. The van der Waals surface area contributed by atoms with Gasteiger partial charge in [0.2, 0.25) is 0 Å². The van der Waals surface area contributed by atoms with Gasteiger partial charge in [-0.2, -0.15) is 5.98 Å². The molecule has 2 nitrogen and oxygen atoms in total. The van der Waals surface area contributed by atoms with Crippen LogP contribution in [0, 0.1) is 0 Å². The Morgan fingerprint density at radius 2 is 1.19 bits per heavy atom. The van der Waals surface area contributed by atoms with E-state index in [1.165, 1.54) is 5.56 Å². The van der Waals surface area contributed by atoms with Crippen LogP contribution >= 0.6 is 22.9 Å². The minimum absolute atomic E-state index is 0.0695. The van der Waals surface area contributed by atoms with Gasteiger partial charge in [0.25, 0.3) is 11.8 Å². The summed E-state index contributed by atoms with van der Waals surface area (Å²) in [4.78, 5) is 0. The average Bonchev–Trinajstić information content (AvgIpc) is 2.54. The summed E-state index contributed by atoms with van der Waals surface area (Å²) in [6.07, 6.45) is 2.19. The third kappa shape index (κ3) is 6.98. The number of nitrogens with zero attached hydrogens (tertiary/aromatic N) is 2. The predicted molar refractivity (Wildman–Crippen MR) is 123 cm³/mol. The molecule has 0 amide bonds. The van der Waals surface area contributed by atoms with Gasteiger partial charge < -0.3 is 31.9 Å². The standard InChI is InChI=1S/C21H36B2Cl2N2/c1-16(2)26(17(3)4)22(24)15-14-21(20-12-10-9-11-13-20)23(25)27(18(5)6)19(7)8/h9-19,21H,1-8H3/b15-14-. The summed E-state index contributed by atoms with van der Waals surface area (Å²) in [5.74, 6) is 1.87. The zero-order valence-electron chi connectivity index (χ0n) is 18.2. The molecule has 1 aromatic carbocycles. The zero-order chi connectivity index (χ0) is 20.7. The number of benzene rings is 1. The Kier molecular flexibility index (Phi) is 10.2. The van der Waals surface area contributed by atoms with E-state index in [9.17, 15) is 0 Å². The Morgan fingerprint density at radius 1 is 0.741 bits per heavy atom. The van der Waals surface area contributed by atoms with Crippen LogP contribution in [-0.2, 0) is 0 Å². The summed E-state index contributed by atoms with van der Waals surface area (Å²) in [6, 6.07) is 12.0. The SMILES string of the molecule is CC(C)[N+](=[B-](Cl)/C=C\C([B-](Cl)=[N+](C(C)C)C(C)C)c1ccccc1)C(C)C. The average molecular weight is 409 g/mol. The minimum Gasteiger partial charge on any atom is -0.481 e. The highest BCUT2D eigenvalue weighted by Gasteiger charge is 2.18. The van der Waals surface area contributed by atoms with Gasteiger partial charge in [0.05, 0.1) is 24.2 Å². The van der Waals surface area contributed by atoms with Crippen molar-refractivity contribution in [3.05, 3.63) is 47.9 Å². The smallest absolute Gasteiger partial charge is 0.286 e. The Bertz CT molecular complexity index is 673. The minimum atomic E-state index is -0.161. The second-order valence-corrected chi connectivity index (χ2v) is 9.23. The molecule has 0 aliphatic carbocycles. The molecule has 0 fully saturated rings. The van der Waals surface area contributed by atoms with Gasteiger partial charge in [-0.1, -0.05) is 41.7 Å². The van der Waals surface area contributed by atoms with Gasteiger partial charge in [0, 0.05) is 0 Å². The fourth-order valence-corrected chi connectivity index (χ4v) is 5.08. The highest BCUT2D eigenvalue weighted by molar-refractivity contribution is 7.01.